The van der Waals surface area contributed by atoms with E-state index in [9.17, 15) is 13.2 Å². The summed E-state index contributed by atoms with van der Waals surface area (Å²) in [5.41, 5.74) is 1.94. The maximum Gasteiger partial charge on any atom is 0.255 e. The molecule has 1 aromatic carbocycles. The van der Waals surface area contributed by atoms with Crippen molar-refractivity contribution in [2.45, 2.75) is 38.3 Å². The van der Waals surface area contributed by atoms with Gasteiger partial charge in [-0.3, -0.25) is 4.79 Å². The van der Waals surface area contributed by atoms with Gasteiger partial charge >= 0.3 is 0 Å². The lowest BCUT2D eigenvalue weighted by Gasteiger charge is -2.21. The molecule has 1 amide bonds. The van der Waals surface area contributed by atoms with Crippen LogP contribution in [0.15, 0.2) is 59.8 Å². The van der Waals surface area contributed by atoms with Gasteiger partial charge in [-0.1, -0.05) is 18.2 Å². The second kappa shape index (κ2) is 8.76. The van der Waals surface area contributed by atoms with Gasteiger partial charge in [0.2, 0.25) is 10.0 Å². The third-order valence-corrected chi connectivity index (χ3v) is 6.95. The largest absolute Gasteiger partial charge is 0.348 e. The molecule has 0 spiro atoms. The Labute approximate surface area is 176 Å². The van der Waals surface area contributed by atoms with Gasteiger partial charge in [0.15, 0.2) is 5.82 Å². The van der Waals surface area contributed by atoms with Crippen molar-refractivity contribution in [3.63, 3.8) is 0 Å². The number of carbonyl (C=O) groups excluding carboxylic acids is 1. The summed E-state index contributed by atoms with van der Waals surface area (Å²) >= 11 is 0. The van der Waals surface area contributed by atoms with Crippen LogP contribution in [0, 0.1) is 6.92 Å². The average molecular weight is 428 g/mol. The van der Waals surface area contributed by atoms with Gasteiger partial charge in [-0.15, -0.1) is 0 Å². The maximum absolute atomic E-state index is 12.6. The van der Waals surface area contributed by atoms with E-state index >= 15 is 0 Å². The van der Waals surface area contributed by atoms with E-state index < -0.39 is 10.0 Å². The third-order valence-electron chi connectivity index (χ3n) is 4.90. The minimum absolute atomic E-state index is 0.135. The molecule has 2 heterocycles. The lowest BCUT2D eigenvalue weighted by atomic mass is 10.2. The molecule has 2 aromatic heterocycles. The standard InChI is InChI=1S/C21H25N5O3S/c1-15(2)25(4)30(28,29)18-10-8-17(9-11-18)13-23-21(27)19-14-24-26(16(19)3)20-7-5-6-12-22-20/h5-12,14-15H,13H2,1-4H3,(H,23,27). The molecule has 0 fully saturated rings. The Balaban J connectivity index is 1.68. The summed E-state index contributed by atoms with van der Waals surface area (Å²) in [7, 11) is -1.97. The highest BCUT2D eigenvalue weighted by Crippen LogP contribution is 2.17. The molecule has 0 aliphatic carbocycles. The average Bonchev–Trinajstić information content (AvgIpc) is 3.13. The van der Waals surface area contributed by atoms with Crippen LogP contribution < -0.4 is 5.32 Å². The van der Waals surface area contributed by atoms with E-state index in [4.69, 9.17) is 0 Å². The first-order valence-corrected chi connectivity index (χ1v) is 11.0. The molecule has 9 heteroatoms. The fraction of sp³-hybridized carbons (Fsp3) is 0.286. The van der Waals surface area contributed by atoms with Crippen LogP contribution in [0.4, 0.5) is 0 Å². The Morgan fingerprint density at radius 3 is 2.47 bits per heavy atom. The Bertz CT molecular complexity index is 1120. The van der Waals surface area contributed by atoms with E-state index in [-0.39, 0.29) is 23.4 Å². The number of nitrogens with zero attached hydrogens (tertiary/aromatic N) is 4. The number of hydrogen-bond acceptors (Lipinski definition) is 5. The van der Waals surface area contributed by atoms with Crippen LogP contribution in [0.5, 0.6) is 0 Å². The number of carbonyl (C=O) groups is 1. The number of benzene rings is 1. The van der Waals surface area contributed by atoms with E-state index in [2.05, 4.69) is 15.4 Å². The summed E-state index contributed by atoms with van der Waals surface area (Å²) in [6.07, 6.45) is 3.18. The number of rotatable bonds is 7. The van der Waals surface area contributed by atoms with Crippen LogP contribution in [-0.4, -0.2) is 46.5 Å². The Morgan fingerprint density at radius 1 is 1.17 bits per heavy atom. The topological polar surface area (TPSA) is 97.2 Å². The van der Waals surface area contributed by atoms with E-state index in [0.717, 1.165) is 5.56 Å². The maximum atomic E-state index is 12.6. The van der Waals surface area contributed by atoms with Crippen molar-refractivity contribution in [3.05, 3.63) is 71.7 Å². The van der Waals surface area contributed by atoms with Gasteiger partial charge in [-0.25, -0.2) is 18.1 Å². The minimum Gasteiger partial charge on any atom is -0.348 e. The third kappa shape index (κ3) is 4.42. The van der Waals surface area contributed by atoms with Gasteiger partial charge in [0.1, 0.15) is 0 Å². The van der Waals surface area contributed by atoms with Crippen molar-refractivity contribution < 1.29 is 13.2 Å². The van der Waals surface area contributed by atoms with Gasteiger partial charge in [0, 0.05) is 25.8 Å². The van der Waals surface area contributed by atoms with Gasteiger partial charge < -0.3 is 5.32 Å². The molecule has 0 aliphatic heterocycles. The van der Waals surface area contributed by atoms with E-state index in [1.165, 1.54) is 10.5 Å². The highest BCUT2D eigenvalue weighted by atomic mass is 32.2. The highest BCUT2D eigenvalue weighted by Gasteiger charge is 2.23. The molecule has 0 radical (unpaired) electrons. The van der Waals surface area contributed by atoms with Crippen LogP contribution in [-0.2, 0) is 16.6 Å². The van der Waals surface area contributed by atoms with Crippen LogP contribution in [0.2, 0.25) is 0 Å². The van der Waals surface area contributed by atoms with Gasteiger partial charge in [-0.2, -0.15) is 9.40 Å². The van der Waals surface area contributed by atoms with E-state index in [1.807, 2.05) is 39.0 Å². The molecule has 3 aromatic rings. The summed E-state index contributed by atoms with van der Waals surface area (Å²) < 4.78 is 28.0. The van der Waals surface area contributed by atoms with Crippen molar-refractivity contribution in [2.24, 2.45) is 0 Å². The fourth-order valence-corrected chi connectivity index (χ4v) is 4.21. The zero-order chi connectivity index (χ0) is 21.9. The first kappa shape index (κ1) is 21.7. The van der Waals surface area contributed by atoms with Crippen LogP contribution in [0.25, 0.3) is 5.82 Å². The SMILES string of the molecule is Cc1c(C(=O)NCc2ccc(S(=O)(=O)N(C)C(C)C)cc2)cnn1-c1ccccn1. The molecule has 0 saturated heterocycles. The second-order valence-corrected chi connectivity index (χ2v) is 9.18. The molecule has 1 N–H and O–H groups in total. The Kier molecular flexibility index (Phi) is 6.33. The summed E-state index contributed by atoms with van der Waals surface area (Å²) in [5, 5.41) is 7.10. The van der Waals surface area contributed by atoms with Crippen LogP contribution >= 0.6 is 0 Å². The summed E-state index contributed by atoms with van der Waals surface area (Å²) in [5.74, 6) is 0.378. The first-order chi connectivity index (χ1) is 14.2. The molecular formula is C21H25N5O3S. The Morgan fingerprint density at radius 2 is 1.87 bits per heavy atom. The molecule has 0 aliphatic rings. The molecule has 8 nitrogen and oxygen atoms in total. The van der Waals surface area contributed by atoms with E-state index in [0.29, 0.717) is 17.1 Å². The lowest BCUT2D eigenvalue weighted by Crippen LogP contribution is -2.33. The number of nitrogens with one attached hydrogen (secondary N) is 1. The van der Waals surface area contributed by atoms with Crippen molar-refractivity contribution in [1.29, 1.82) is 0 Å². The predicted octanol–water partition coefficient (Wildman–Crippen LogP) is 2.53. The van der Waals surface area contributed by atoms with Gasteiger partial charge in [0.05, 0.1) is 22.3 Å². The second-order valence-electron chi connectivity index (χ2n) is 7.19. The number of sulfonamides is 1. The lowest BCUT2D eigenvalue weighted by molar-refractivity contribution is 0.0950. The quantitative estimate of drug-likeness (QED) is 0.625. The van der Waals surface area contributed by atoms with Gasteiger partial charge in [0.25, 0.3) is 5.91 Å². The number of hydrogen-bond donors (Lipinski definition) is 1. The van der Waals surface area contributed by atoms with Crippen LogP contribution in [0.1, 0.15) is 35.5 Å². The summed E-state index contributed by atoms with van der Waals surface area (Å²) in [6.45, 7) is 5.72. The Hall–Kier alpha value is -3.04. The summed E-state index contributed by atoms with van der Waals surface area (Å²) in [6, 6.07) is 11.9. The van der Waals surface area contributed by atoms with Crippen molar-refractivity contribution in [3.8, 4) is 5.82 Å². The minimum atomic E-state index is -3.53. The zero-order valence-electron chi connectivity index (χ0n) is 17.4. The van der Waals surface area contributed by atoms with Crippen molar-refractivity contribution in [2.75, 3.05) is 7.05 Å². The van der Waals surface area contributed by atoms with Gasteiger partial charge in [-0.05, 0) is 50.6 Å². The smallest absolute Gasteiger partial charge is 0.255 e. The first-order valence-electron chi connectivity index (χ1n) is 9.53. The monoisotopic (exact) mass is 427 g/mol. The zero-order valence-corrected chi connectivity index (χ0v) is 18.2. The predicted molar refractivity (Wildman–Crippen MR) is 114 cm³/mol. The molecule has 0 saturated carbocycles. The number of pyridine rings is 1. The molecule has 30 heavy (non-hydrogen) atoms. The molecular weight excluding hydrogens is 402 g/mol. The highest BCUT2D eigenvalue weighted by molar-refractivity contribution is 7.89. The molecule has 0 unspecified atom stereocenters. The molecule has 3 rings (SSSR count). The fourth-order valence-electron chi connectivity index (χ4n) is 2.84. The molecule has 0 bridgehead atoms. The molecule has 0 atom stereocenters. The number of amides is 1. The van der Waals surface area contributed by atoms with Crippen molar-refractivity contribution >= 4 is 15.9 Å². The number of aromatic nitrogens is 3. The van der Waals surface area contributed by atoms with E-state index in [1.54, 1.807) is 42.2 Å². The normalized spacial score (nSPS) is 11.8. The van der Waals surface area contributed by atoms with Crippen molar-refractivity contribution in [1.82, 2.24) is 24.4 Å². The summed E-state index contributed by atoms with van der Waals surface area (Å²) in [4.78, 5) is 17.1. The molecule has 158 valence electrons. The van der Waals surface area contributed by atoms with Crippen LogP contribution in [0.3, 0.4) is 0 Å².